The molecule has 0 saturated heterocycles. The Morgan fingerprint density at radius 3 is 2.58 bits per heavy atom. The molecule has 4 nitrogen and oxygen atoms in total. The lowest BCUT2D eigenvalue weighted by atomic mass is 9.88. The fourth-order valence-corrected chi connectivity index (χ4v) is 3.78. The fraction of sp³-hybridized carbons (Fsp3) is 0.579. The molecule has 1 aromatic carbocycles. The van der Waals surface area contributed by atoms with Gasteiger partial charge in [0.2, 0.25) is 11.8 Å². The van der Waals surface area contributed by atoms with Gasteiger partial charge in [0, 0.05) is 17.4 Å². The summed E-state index contributed by atoms with van der Waals surface area (Å²) in [5, 5.41) is 5.77. The standard InChI is InChI=1S/C19H28N2O2S/c1-15(21-19(23)16-9-4-2-5-10-16)18(22)20-13-8-14-24-17-11-6-3-7-12-17/h3,6-7,11-12,15-16H,2,4-5,8-10,13-14H2,1H3,(H,20,22)(H,21,23). The van der Waals surface area contributed by atoms with Crippen molar-refractivity contribution in [3.05, 3.63) is 30.3 Å². The van der Waals surface area contributed by atoms with Crippen molar-refractivity contribution < 1.29 is 9.59 Å². The van der Waals surface area contributed by atoms with Crippen molar-refractivity contribution in [3.8, 4) is 0 Å². The van der Waals surface area contributed by atoms with E-state index in [0.29, 0.717) is 6.54 Å². The van der Waals surface area contributed by atoms with E-state index in [1.165, 1.54) is 11.3 Å². The molecule has 1 aromatic rings. The van der Waals surface area contributed by atoms with Gasteiger partial charge in [0.25, 0.3) is 0 Å². The van der Waals surface area contributed by atoms with Crippen molar-refractivity contribution in [1.29, 1.82) is 0 Å². The third-order valence-corrected chi connectivity index (χ3v) is 5.46. The topological polar surface area (TPSA) is 58.2 Å². The van der Waals surface area contributed by atoms with Crippen LogP contribution in [-0.2, 0) is 9.59 Å². The maximum atomic E-state index is 12.2. The second-order valence-corrected chi connectivity index (χ2v) is 7.54. The van der Waals surface area contributed by atoms with Gasteiger partial charge in [-0.15, -0.1) is 11.8 Å². The average Bonchev–Trinajstić information content (AvgIpc) is 2.62. The molecule has 2 rings (SSSR count). The summed E-state index contributed by atoms with van der Waals surface area (Å²) < 4.78 is 0. The predicted octanol–water partition coefficient (Wildman–Crippen LogP) is 3.37. The summed E-state index contributed by atoms with van der Waals surface area (Å²) in [5.41, 5.74) is 0. The number of nitrogens with one attached hydrogen (secondary N) is 2. The molecular formula is C19H28N2O2S. The molecule has 2 amide bonds. The molecule has 1 atom stereocenters. The highest BCUT2D eigenvalue weighted by atomic mass is 32.2. The third kappa shape index (κ3) is 6.56. The van der Waals surface area contributed by atoms with E-state index in [9.17, 15) is 9.59 Å². The minimum absolute atomic E-state index is 0.0389. The van der Waals surface area contributed by atoms with Gasteiger partial charge in [-0.05, 0) is 44.1 Å². The highest BCUT2D eigenvalue weighted by molar-refractivity contribution is 7.99. The van der Waals surface area contributed by atoms with Crippen LogP contribution in [0.25, 0.3) is 0 Å². The maximum Gasteiger partial charge on any atom is 0.242 e. The highest BCUT2D eigenvalue weighted by Gasteiger charge is 2.24. The number of carbonyl (C=O) groups excluding carboxylic acids is 2. The smallest absolute Gasteiger partial charge is 0.242 e. The first-order valence-corrected chi connectivity index (χ1v) is 9.91. The molecule has 5 heteroatoms. The van der Waals surface area contributed by atoms with Crippen molar-refractivity contribution in [2.24, 2.45) is 5.92 Å². The van der Waals surface area contributed by atoms with Crippen LogP contribution in [0.15, 0.2) is 35.2 Å². The molecule has 1 aliphatic carbocycles. The number of thioether (sulfide) groups is 1. The van der Waals surface area contributed by atoms with Gasteiger partial charge in [-0.1, -0.05) is 37.5 Å². The monoisotopic (exact) mass is 348 g/mol. The second kappa shape index (κ2) is 10.4. The quantitative estimate of drug-likeness (QED) is 0.559. The van der Waals surface area contributed by atoms with Crippen LogP contribution in [0.1, 0.15) is 45.4 Å². The molecule has 1 unspecified atom stereocenters. The highest BCUT2D eigenvalue weighted by Crippen LogP contribution is 2.23. The van der Waals surface area contributed by atoms with Crippen molar-refractivity contribution in [2.75, 3.05) is 12.3 Å². The number of rotatable bonds is 8. The molecule has 1 aliphatic rings. The van der Waals surface area contributed by atoms with Crippen molar-refractivity contribution in [2.45, 2.75) is 56.4 Å². The van der Waals surface area contributed by atoms with Gasteiger partial charge in [0.05, 0.1) is 0 Å². The Hall–Kier alpha value is -1.49. The summed E-state index contributed by atoms with van der Waals surface area (Å²) in [6.45, 7) is 2.40. The van der Waals surface area contributed by atoms with E-state index in [0.717, 1.165) is 37.9 Å². The Morgan fingerprint density at radius 2 is 1.88 bits per heavy atom. The summed E-state index contributed by atoms with van der Waals surface area (Å²) in [6, 6.07) is 9.79. The normalized spacial score (nSPS) is 16.4. The van der Waals surface area contributed by atoms with Crippen LogP contribution in [0.5, 0.6) is 0 Å². The maximum absolute atomic E-state index is 12.2. The molecule has 1 fully saturated rings. The fourth-order valence-electron chi connectivity index (χ4n) is 2.91. The van der Waals surface area contributed by atoms with Gasteiger partial charge >= 0.3 is 0 Å². The molecule has 1 saturated carbocycles. The second-order valence-electron chi connectivity index (χ2n) is 6.37. The molecule has 0 aliphatic heterocycles. The SMILES string of the molecule is CC(NC(=O)C1CCCCC1)C(=O)NCCCSc1ccccc1. The molecular weight excluding hydrogens is 320 g/mol. The summed E-state index contributed by atoms with van der Waals surface area (Å²) in [6.07, 6.45) is 6.29. The van der Waals surface area contributed by atoms with Gasteiger partial charge in [0.1, 0.15) is 6.04 Å². The minimum atomic E-state index is -0.457. The Morgan fingerprint density at radius 1 is 1.17 bits per heavy atom. The van der Waals surface area contributed by atoms with Gasteiger partial charge in [-0.25, -0.2) is 0 Å². The zero-order valence-electron chi connectivity index (χ0n) is 14.4. The van der Waals surface area contributed by atoms with Crippen molar-refractivity contribution in [3.63, 3.8) is 0 Å². The van der Waals surface area contributed by atoms with Gasteiger partial charge in [-0.3, -0.25) is 9.59 Å². The lowest BCUT2D eigenvalue weighted by Gasteiger charge is -2.23. The Bertz CT molecular complexity index is 515. The van der Waals surface area contributed by atoms with E-state index in [1.807, 2.05) is 18.2 Å². The summed E-state index contributed by atoms with van der Waals surface area (Å²) >= 11 is 1.79. The van der Waals surface area contributed by atoms with Crippen molar-refractivity contribution >= 4 is 23.6 Å². The first-order chi connectivity index (χ1) is 11.7. The third-order valence-electron chi connectivity index (χ3n) is 4.36. The first-order valence-electron chi connectivity index (χ1n) is 8.93. The number of benzene rings is 1. The molecule has 0 spiro atoms. The molecule has 0 heterocycles. The lowest BCUT2D eigenvalue weighted by molar-refractivity contribution is -0.131. The van der Waals surface area contributed by atoms with E-state index >= 15 is 0 Å². The van der Waals surface area contributed by atoms with Crippen LogP contribution in [0, 0.1) is 5.92 Å². The number of hydrogen-bond acceptors (Lipinski definition) is 3. The number of amides is 2. The molecule has 0 radical (unpaired) electrons. The van der Waals surface area contributed by atoms with Crippen LogP contribution in [0.4, 0.5) is 0 Å². The Labute approximate surface area is 149 Å². The van der Waals surface area contributed by atoms with Crippen molar-refractivity contribution in [1.82, 2.24) is 10.6 Å². The summed E-state index contributed by atoms with van der Waals surface area (Å²) in [4.78, 5) is 25.5. The van der Waals surface area contributed by atoms with E-state index in [2.05, 4.69) is 22.8 Å². The first kappa shape index (κ1) is 18.8. The van der Waals surface area contributed by atoms with Crippen LogP contribution in [-0.4, -0.2) is 30.2 Å². The van der Waals surface area contributed by atoms with Crippen LogP contribution >= 0.6 is 11.8 Å². The molecule has 24 heavy (non-hydrogen) atoms. The summed E-state index contributed by atoms with van der Waals surface area (Å²) in [5.74, 6) is 1.00. The van der Waals surface area contributed by atoms with Crippen LogP contribution in [0.2, 0.25) is 0 Å². The number of hydrogen-bond donors (Lipinski definition) is 2. The van der Waals surface area contributed by atoms with Crippen LogP contribution in [0.3, 0.4) is 0 Å². The van der Waals surface area contributed by atoms with Crippen LogP contribution < -0.4 is 10.6 Å². The Balaban J connectivity index is 1.58. The molecule has 0 bridgehead atoms. The van der Waals surface area contributed by atoms with Gasteiger partial charge in [0.15, 0.2) is 0 Å². The van der Waals surface area contributed by atoms with E-state index in [-0.39, 0.29) is 17.7 Å². The van der Waals surface area contributed by atoms with Gasteiger partial charge in [-0.2, -0.15) is 0 Å². The average molecular weight is 349 g/mol. The lowest BCUT2D eigenvalue weighted by Crippen LogP contribution is -2.47. The molecule has 0 aromatic heterocycles. The van der Waals surface area contributed by atoms with E-state index < -0.39 is 6.04 Å². The molecule has 132 valence electrons. The number of carbonyl (C=O) groups is 2. The zero-order valence-corrected chi connectivity index (χ0v) is 15.2. The minimum Gasteiger partial charge on any atom is -0.354 e. The largest absolute Gasteiger partial charge is 0.354 e. The summed E-state index contributed by atoms with van der Waals surface area (Å²) in [7, 11) is 0. The van der Waals surface area contributed by atoms with E-state index in [1.54, 1.807) is 18.7 Å². The molecule has 2 N–H and O–H groups in total. The van der Waals surface area contributed by atoms with Gasteiger partial charge < -0.3 is 10.6 Å². The predicted molar refractivity (Wildman–Crippen MR) is 99.0 cm³/mol. The van der Waals surface area contributed by atoms with E-state index in [4.69, 9.17) is 0 Å². The Kier molecular flexibility index (Phi) is 8.16. The zero-order chi connectivity index (χ0) is 17.2.